The number of fused-ring (bicyclic) bond motifs is 1. The quantitative estimate of drug-likeness (QED) is 0.380. The Labute approximate surface area is 206 Å². The van der Waals surface area contributed by atoms with Crippen molar-refractivity contribution in [3.63, 3.8) is 0 Å². The number of hydrogen-bond acceptors (Lipinski definition) is 7. The van der Waals surface area contributed by atoms with E-state index in [1.807, 2.05) is 0 Å². The fraction of sp³-hybridized carbons (Fsp3) is 0.308. The summed E-state index contributed by atoms with van der Waals surface area (Å²) in [7, 11) is 1.58. The van der Waals surface area contributed by atoms with E-state index in [9.17, 15) is 14.0 Å². The van der Waals surface area contributed by atoms with Gasteiger partial charge in [-0.3, -0.25) is 9.59 Å². The monoisotopic (exact) mass is 492 g/mol. The largest absolute Gasteiger partial charge is 0.497 e. The van der Waals surface area contributed by atoms with Gasteiger partial charge in [-0.25, -0.2) is 9.07 Å². The van der Waals surface area contributed by atoms with Crippen molar-refractivity contribution in [3.05, 3.63) is 76.7 Å². The smallest absolute Gasteiger partial charge is 0.227 e. The Hall–Kier alpha value is -3.46. The van der Waals surface area contributed by atoms with E-state index in [-0.39, 0.29) is 28.6 Å². The number of rotatable bonds is 6. The Morgan fingerprint density at radius 3 is 2.57 bits per heavy atom. The van der Waals surface area contributed by atoms with Crippen molar-refractivity contribution < 1.29 is 18.7 Å². The first-order valence-electron chi connectivity index (χ1n) is 11.3. The number of Topliss-reactive ketones (excluding diaryl/α,β-unsaturated/α-hetero) is 2. The maximum atomic E-state index is 13.7. The zero-order valence-corrected chi connectivity index (χ0v) is 20.5. The first kappa shape index (κ1) is 23.3. The van der Waals surface area contributed by atoms with E-state index in [2.05, 4.69) is 29.2 Å². The molecule has 2 aromatic carbocycles. The first-order valence-corrected chi connectivity index (χ1v) is 12.3. The number of ether oxygens (including phenoxy) is 1. The Morgan fingerprint density at radius 2 is 1.89 bits per heavy atom. The van der Waals surface area contributed by atoms with Gasteiger partial charge in [0.25, 0.3) is 0 Å². The maximum Gasteiger partial charge on any atom is 0.227 e. The van der Waals surface area contributed by atoms with Gasteiger partial charge in [-0.15, -0.1) is 5.10 Å². The second-order valence-corrected chi connectivity index (χ2v) is 10.5. The summed E-state index contributed by atoms with van der Waals surface area (Å²) in [6.07, 6.45) is 1.12. The molecular formula is C26H25FN4O3S. The summed E-state index contributed by atoms with van der Waals surface area (Å²) < 4.78 is 20.5. The van der Waals surface area contributed by atoms with Gasteiger partial charge in [-0.1, -0.05) is 37.7 Å². The predicted octanol–water partition coefficient (Wildman–Crippen LogP) is 5.06. The van der Waals surface area contributed by atoms with Crippen LogP contribution >= 0.6 is 11.8 Å². The SMILES string of the molecule is COc1ccc(C(=O)CSc2nc3n(n2)[C@H](c2ccc(F)cc2)C2=C(CC(C)(C)CC2=O)N3)cc1. The summed E-state index contributed by atoms with van der Waals surface area (Å²) in [5, 5.41) is 8.37. The third kappa shape index (κ3) is 4.60. The van der Waals surface area contributed by atoms with Crippen LogP contribution < -0.4 is 10.1 Å². The number of ketones is 2. The van der Waals surface area contributed by atoms with Crippen molar-refractivity contribution in [1.82, 2.24) is 14.8 Å². The molecule has 0 amide bonds. The Kier molecular flexibility index (Phi) is 5.96. The van der Waals surface area contributed by atoms with Crippen LogP contribution in [-0.4, -0.2) is 39.2 Å². The molecule has 1 aliphatic heterocycles. The standard InChI is InChI=1S/C26H25FN4O3S/c1-26(2)12-19-22(20(32)13-26)23(16-4-8-17(27)9-5-16)31-24(28-19)29-25(30-31)35-14-21(33)15-6-10-18(34-3)11-7-15/h4-11,23H,12-14H2,1-3H3,(H,28,29,30)/t23-/m1/s1. The van der Waals surface area contributed by atoms with Crippen LogP contribution in [0.2, 0.25) is 0 Å². The normalized spacial score (nSPS) is 18.5. The Balaban J connectivity index is 1.44. The van der Waals surface area contributed by atoms with Gasteiger partial charge in [-0.2, -0.15) is 4.98 Å². The van der Waals surface area contributed by atoms with Crippen LogP contribution in [0.3, 0.4) is 0 Å². The lowest BCUT2D eigenvalue weighted by Gasteiger charge is -2.38. The molecule has 0 radical (unpaired) electrons. The molecule has 0 bridgehead atoms. The highest BCUT2D eigenvalue weighted by molar-refractivity contribution is 7.99. The summed E-state index contributed by atoms with van der Waals surface area (Å²) in [5.74, 6) is 0.995. The summed E-state index contributed by atoms with van der Waals surface area (Å²) >= 11 is 1.23. The van der Waals surface area contributed by atoms with Crippen LogP contribution in [0.1, 0.15) is 48.7 Å². The number of benzene rings is 2. The fourth-order valence-electron chi connectivity index (χ4n) is 4.59. The molecule has 0 saturated carbocycles. The highest BCUT2D eigenvalue weighted by Gasteiger charge is 2.41. The van der Waals surface area contributed by atoms with Crippen molar-refractivity contribution in [2.45, 2.75) is 37.9 Å². The van der Waals surface area contributed by atoms with Gasteiger partial charge in [0.05, 0.1) is 12.9 Å². The average Bonchev–Trinajstić information content (AvgIpc) is 3.23. The molecule has 180 valence electrons. The molecule has 0 spiro atoms. The number of hydrogen-bond donors (Lipinski definition) is 1. The highest BCUT2D eigenvalue weighted by Crippen LogP contribution is 2.45. The first-order chi connectivity index (χ1) is 16.7. The number of nitrogens with zero attached hydrogens (tertiary/aromatic N) is 3. The second kappa shape index (κ2) is 8.96. The molecule has 2 aliphatic rings. The minimum atomic E-state index is -0.510. The Morgan fingerprint density at radius 1 is 1.17 bits per heavy atom. The van der Waals surface area contributed by atoms with Crippen LogP contribution in [0.25, 0.3) is 0 Å². The third-order valence-electron chi connectivity index (χ3n) is 6.24. The molecule has 1 N–H and O–H groups in total. The van der Waals surface area contributed by atoms with Gasteiger partial charge >= 0.3 is 0 Å². The average molecular weight is 493 g/mol. The van der Waals surface area contributed by atoms with Gasteiger partial charge in [0.15, 0.2) is 11.6 Å². The van der Waals surface area contributed by atoms with E-state index in [0.717, 1.165) is 11.3 Å². The Bertz CT molecular complexity index is 1330. The molecule has 7 nitrogen and oxygen atoms in total. The van der Waals surface area contributed by atoms with Gasteiger partial charge in [0, 0.05) is 23.3 Å². The molecule has 5 rings (SSSR count). The number of halogens is 1. The fourth-order valence-corrected chi connectivity index (χ4v) is 5.32. The predicted molar refractivity (Wildman–Crippen MR) is 131 cm³/mol. The van der Waals surface area contributed by atoms with Crippen LogP contribution in [-0.2, 0) is 4.79 Å². The van der Waals surface area contributed by atoms with E-state index < -0.39 is 6.04 Å². The van der Waals surface area contributed by atoms with Gasteiger partial charge < -0.3 is 10.1 Å². The number of aromatic nitrogens is 3. The molecule has 1 aromatic heterocycles. The van der Waals surface area contributed by atoms with Crippen molar-refractivity contribution in [1.29, 1.82) is 0 Å². The summed E-state index contributed by atoms with van der Waals surface area (Å²) in [6.45, 7) is 4.13. The van der Waals surface area contributed by atoms with Gasteiger partial charge in [0.2, 0.25) is 11.1 Å². The second-order valence-electron chi connectivity index (χ2n) is 9.52. The molecule has 35 heavy (non-hydrogen) atoms. The van der Waals surface area contributed by atoms with Gasteiger partial charge in [0.1, 0.15) is 17.6 Å². The molecule has 0 unspecified atom stereocenters. The van der Waals surface area contributed by atoms with Crippen molar-refractivity contribution in [3.8, 4) is 5.75 Å². The number of thioether (sulfide) groups is 1. The molecule has 2 heterocycles. The van der Waals surface area contributed by atoms with E-state index in [1.54, 1.807) is 48.2 Å². The van der Waals surface area contributed by atoms with E-state index in [1.165, 1.54) is 23.9 Å². The molecule has 0 saturated heterocycles. The molecule has 1 atom stereocenters. The highest BCUT2D eigenvalue weighted by atomic mass is 32.2. The molecule has 0 fully saturated rings. The number of carbonyl (C=O) groups excluding carboxylic acids is 2. The van der Waals surface area contributed by atoms with Crippen molar-refractivity contribution in [2.75, 3.05) is 18.2 Å². The van der Waals surface area contributed by atoms with E-state index in [4.69, 9.17) is 4.74 Å². The lowest BCUT2D eigenvalue weighted by Crippen LogP contribution is -2.36. The summed E-state index contributed by atoms with van der Waals surface area (Å²) in [5.41, 5.74) is 2.62. The summed E-state index contributed by atoms with van der Waals surface area (Å²) in [6, 6.07) is 12.6. The minimum Gasteiger partial charge on any atom is -0.497 e. The number of nitrogens with one attached hydrogen (secondary N) is 1. The van der Waals surface area contributed by atoms with E-state index in [0.29, 0.717) is 40.8 Å². The zero-order valence-electron chi connectivity index (χ0n) is 19.7. The van der Waals surface area contributed by atoms with Gasteiger partial charge in [-0.05, 0) is 53.8 Å². The number of methoxy groups -OCH3 is 1. The van der Waals surface area contributed by atoms with Crippen molar-refractivity contribution >= 4 is 29.3 Å². The molecule has 9 heteroatoms. The third-order valence-corrected chi connectivity index (χ3v) is 7.08. The number of carbonyl (C=O) groups is 2. The molecular weight excluding hydrogens is 467 g/mol. The number of anilines is 1. The topological polar surface area (TPSA) is 86.1 Å². The van der Waals surface area contributed by atoms with Crippen LogP contribution in [0.15, 0.2) is 65.0 Å². The van der Waals surface area contributed by atoms with Crippen LogP contribution in [0.5, 0.6) is 5.75 Å². The van der Waals surface area contributed by atoms with E-state index >= 15 is 0 Å². The molecule has 3 aromatic rings. The zero-order chi connectivity index (χ0) is 24.7. The maximum absolute atomic E-state index is 13.7. The molecule has 1 aliphatic carbocycles. The lowest BCUT2D eigenvalue weighted by atomic mass is 9.73. The van der Waals surface area contributed by atoms with Crippen molar-refractivity contribution in [2.24, 2.45) is 5.41 Å². The van der Waals surface area contributed by atoms with Crippen LogP contribution in [0, 0.1) is 11.2 Å². The lowest BCUT2D eigenvalue weighted by molar-refractivity contribution is -0.118. The summed E-state index contributed by atoms with van der Waals surface area (Å²) in [4.78, 5) is 30.5. The minimum absolute atomic E-state index is 0.0445. The van der Waals surface area contributed by atoms with Crippen LogP contribution in [0.4, 0.5) is 10.3 Å². The number of allylic oxidation sites excluding steroid dienone is 2.